The predicted octanol–water partition coefficient (Wildman–Crippen LogP) is 4.24. The third kappa shape index (κ3) is 2.68. The van der Waals surface area contributed by atoms with Crippen LogP contribution in [0.25, 0.3) is 11.3 Å². The molecule has 1 aromatic heterocycles. The zero-order valence-corrected chi connectivity index (χ0v) is 10.4. The van der Waals surface area contributed by atoms with Crippen molar-refractivity contribution in [3.63, 3.8) is 0 Å². The van der Waals surface area contributed by atoms with Gasteiger partial charge in [-0.1, -0.05) is 36.4 Å². The predicted molar refractivity (Wildman–Crippen MR) is 75.1 cm³/mol. The Labute approximate surface area is 111 Å². The number of hydrogen-bond acceptors (Lipinski definition) is 2. The Morgan fingerprint density at radius 1 is 0.789 bits per heavy atom. The van der Waals surface area contributed by atoms with Gasteiger partial charge in [0.25, 0.3) is 0 Å². The number of aromatic hydroxyl groups is 1. The molecule has 3 rings (SSSR count). The highest BCUT2D eigenvalue weighted by Gasteiger charge is 2.01. The van der Waals surface area contributed by atoms with Crippen molar-refractivity contribution in [2.75, 3.05) is 0 Å². The van der Waals surface area contributed by atoms with Gasteiger partial charge < -0.3 is 9.52 Å². The maximum Gasteiger partial charge on any atom is 0.133 e. The molecule has 0 fully saturated rings. The molecule has 19 heavy (non-hydrogen) atoms. The molecule has 0 aliphatic heterocycles. The van der Waals surface area contributed by atoms with Crippen LogP contribution in [0.1, 0.15) is 11.1 Å². The lowest BCUT2D eigenvalue weighted by Crippen LogP contribution is -1.87. The van der Waals surface area contributed by atoms with Crippen molar-refractivity contribution in [2.45, 2.75) is 6.42 Å². The molecule has 2 nitrogen and oxygen atoms in total. The molecule has 0 aliphatic carbocycles. The van der Waals surface area contributed by atoms with Gasteiger partial charge in [-0.3, -0.25) is 0 Å². The molecule has 2 heteroatoms. The van der Waals surface area contributed by atoms with Gasteiger partial charge in [0, 0.05) is 5.56 Å². The van der Waals surface area contributed by atoms with Crippen LogP contribution in [-0.2, 0) is 6.42 Å². The number of benzene rings is 2. The smallest absolute Gasteiger partial charge is 0.133 e. The first-order valence-electron chi connectivity index (χ1n) is 6.22. The van der Waals surface area contributed by atoms with Crippen LogP contribution in [0.5, 0.6) is 5.75 Å². The molecule has 0 amide bonds. The van der Waals surface area contributed by atoms with E-state index in [9.17, 15) is 5.11 Å². The molecule has 2 aromatic carbocycles. The minimum atomic E-state index is 0.303. The van der Waals surface area contributed by atoms with Gasteiger partial charge in [0.15, 0.2) is 0 Å². The van der Waals surface area contributed by atoms with E-state index in [1.54, 1.807) is 18.4 Å². The lowest BCUT2D eigenvalue weighted by atomic mass is 10.0. The second-order valence-electron chi connectivity index (χ2n) is 4.52. The van der Waals surface area contributed by atoms with Crippen molar-refractivity contribution < 1.29 is 9.52 Å². The van der Waals surface area contributed by atoms with Gasteiger partial charge in [0.2, 0.25) is 0 Å². The quantitative estimate of drug-likeness (QED) is 0.754. The largest absolute Gasteiger partial charge is 0.508 e. The molecule has 1 N–H and O–H groups in total. The van der Waals surface area contributed by atoms with Crippen LogP contribution in [0.4, 0.5) is 0 Å². The van der Waals surface area contributed by atoms with Crippen LogP contribution in [-0.4, -0.2) is 5.11 Å². The van der Waals surface area contributed by atoms with Crippen LogP contribution < -0.4 is 0 Å². The lowest BCUT2D eigenvalue weighted by molar-refractivity contribution is 0.475. The van der Waals surface area contributed by atoms with Crippen LogP contribution in [0.2, 0.25) is 0 Å². The standard InChI is InChI=1S/C17H14O2/c18-16-9-5-14(6-10-16)12-13-3-7-15(8-4-13)17-2-1-11-19-17/h1-11,18H,12H2. The zero-order valence-electron chi connectivity index (χ0n) is 10.4. The van der Waals surface area contributed by atoms with E-state index in [4.69, 9.17) is 4.42 Å². The third-order valence-corrected chi connectivity index (χ3v) is 3.10. The van der Waals surface area contributed by atoms with E-state index in [2.05, 4.69) is 24.3 Å². The average molecular weight is 250 g/mol. The fourth-order valence-corrected chi connectivity index (χ4v) is 2.08. The summed E-state index contributed by atoms with van der Waals surface area (Å²) in [6, 6.07) is 19.5. The number of phenols is 1. The number of hydrogen-bond donors (Lipinski definition) is 1. The van der Waals surface area contributed by atoms with E-state index in [0.717, 1.165) is 17.7 Å². The van der Waals surface area contributed by atoms with Gasteiger partial charge in [-0.2, -0.15) is 0 Å². The summed E-state index contributed by atoms with van der Waals surface area (Å²) in [5, 5.41) is 9.25. The zero-order chi connectivity index (χ0) is 13.1. The summed E-state index contributed by atoms with van der Waals surface area (Å²) in [6.07, 6.45) is 2.54. The Balaban J connectivity index is 1.77. The first-order valence-corrected chi connectivity index (χ1v) is 6.22. The Hall–Kier alpha value is -2.48. The van der Waals surface area contributed by atoms with Crippen molar-refractivity contribution in [2.24, 2.45) is 0 Å². The molecule has 3 aromatic rings. The molecular weight excluding hydrogens is 236 g/mol. The minimum absolute atomic E-state index is 0.303. The minimum Gasteiger partial charge on any atom is -0.508 e. The van der Waals surface area contributed by atoms with E-state index in [1.807, 2.05) is 24.3 Å². The van der Waals surface area contributed by atoms with Crippen LogP contribution >= 0.6 is 0 Å². The molecule has 0 atom stereocenters. The molecule has 0 bridgehead atoms. The summed E-state index contributed by atoms with van der Waals surface area (Å²) in [5.41, 5.74) is 3.50. The third-order valence-electron chi connectivity index (χ3n) is 3.10. The molecule has 0 aliphatic rings. The van der Waals surface area contributed by atoms with Gasteiger partial charge in [0.1, 0.15) is 11.5 Å². The SMILES string of the molecule is Oc1ccc(Cc2ccc(-c3ccco3)cc2)cc1. The lowest BCUT2D eigenvalue weighted by Gasteiger charge is -2.03. The molecule has 0 saturated heterocycles. The monoisotopic (exact) mass is 250 g/mol. The molecule has 0 radical (unpaired) electrons. The van der Waals surface area contributed by atoms with Gasteiger partial charge in [-0.15, -0.1) is 0 Å². The Morgan fingerprint density at radius 3 is 2.00 bits per heavy atom. The highest BCUT2D eigenvalue weighted by atomic mass is 16.3. The van der Waals surface area contributed by atoms with Gasteiger partial charge >= 0.3 is 0 Å². The molecule has 94 valence electrons. The van der Waals surface area contributed by atoms with E-state index in [1.165, 1.54) is 11.1 Å². The summed E-state index contributed by atoms with van der Waals surface area (Å²) in [4.78, 5) is 0. The molecule has 1 heterocycles. The molecule has 0 saturated carbocycles. The van der Waals surface area contributed by atoms with Crippen molar-refractivity contribution in [1.29, 1.82) is 0 Å². The van der Waals surface area contributed by atoms with Crippen LogP contribution in [0.15, 0.2) is 71.3 Å². The number of phenolic OH excluding ortho intramolecular Hbond substituents is 1. The molecule has 0 unspecified atom stereocenters. The van der Waals surface area contributed by atoms with E-state index < -0.39 is 0 Å². The van der Waals surface area contributed by atoms with E-state index in [-0.39, 0.29) is 0 Å². The number of rotatable bonds is 3. The fraction of sp³-hybridized carbons (Fsp3) is 0.0588. The average Bonchev–Trinajstić information content (AvgIpc) is 2.96. The molecular formula is C17H14O2. The van der Waals surface area contributed by atoms with Gasteiger partial charge in [0.05, 0.1) is 6.26 Å². The van der Waals surface area contributed by atoms with Crippen molar-refractivity contribution >= 4 is 0 Å². The van der Waals surface area contributed by atoms with E-state index >= 15 is 0 Å². The summed E-state index contributed by atoms with van der Waals surface area (Å²) < 4.78 is 5.36. The maximum atomic E-state index is 9.25. The van der Waals surface area contributed by atoms with Crippen molar-refractivity contribution in [3.05, 3.63) is 78.1 Å². The maximum absolute atomic E-state index is 9.25. The van der Waals surface area contributed by atoms with E-state index in [0.29, 0.717) is 5.75 Å². The van der Waals surface area contributed by atoms with Crippen molar-refractivity contribution in [3.8, 4) is 17.1 Å². The summed E-state index contributed by atoms with van der Waals surface area (Å²) >= 11 is 0. The Kier molecular flexibility index (Phi) is 3.07. The topological polar surface area (TPSA) is 33.4 Å². The van der Waals surface area contributed by atoms with Crippen molar-refractivity contribution in [1.82, 2.24) is 0 Å². The molecule has 0 spiro atoms. The van der Waals surface area contributed by atoms with Gasteiger partial charge in [-0.25, -0.2) is 0 Å². The summed E-state index contributed by atoms with van der Waals surface area (Å²) in [5.74, 6) is 1.19. The van der Waals surface area contributed by atoms with Crippen LogP contribution in [0, 0.1) is 0 Å². The first-order chi connectivity index (χ1) is 9.31. The second kappa shape index (κ2) is 5.02. The summed E-state index contributed by atoms with van der Waals surface area (Å²) in [6.45, 7) is 0. The fourth-order valence-electron chi connectivity index (χ4n) is 2.08. The summed E-state index contributed by atoms with van der Waals surface area (Å²) in [7, 11) is 0. The Bertz CT molecular complexity index is 635. The highest BCUT2D eigenvalue weighted by Crippen LogP contribution is 2.21. The highest BCUT2D eigenvalue weighted by molar-refractivity contribution is 5.57. The van der Waals surface area contributed by atoms with Gasteiger partial charge in [-0.05, 0) is 41.8 Å². The first kappa shape index (κ1) is 11.6. The second-order valence-corrected chi connectivity index (χ2v) is 4.52. The van der Waals surface area contributed by atoms with Crippen LogP contribution in [0.3, 0.4) is 0 Å². The number of furan rings is 1. The normalized spacial score (nSPS) is 10.5. The Morgan fingerprint density at radius 2 is 1.42 bits per heavy atom.